The quantitative estimate of drug-likeness (QED) is 0.846. The molecule has 0 bridgehead atoms. The Kier molecular flexibility index (Phi) is 5.11. The van der Waals surface area contributed by atoms with E-state index in [0.717, 1.165) is 11.3 Å². The third-order valence-electron chi connectivity index (χ3n) is 3.54. The van der Waals surface area contributed by atoms with Crippen LogP contribution < -0.4 is 11.1 Å². The fourth-order valence-corrected chi connectivity index (χ4v) is 2.03. The highest BCUT2D eigenvalue weighted by Crippen LogP contribution is 2.10. The molecule has 0 aliphatic rings. The molecule has 0 fully saturated rings. The second-order valence-electron chi connectivity index (χ2n) is 5.34. The molecule has 0 aliphatic heterocycles. The molecule has 1 atom stereocenters. The van der Waals surface area contributed by atoms with Crippen LogP contribution in [0.1, 0.15) is 28.5 Å². The summed E-state index contributed by atoms with van der Waals surface area (Å²) in [7, 11) is 0. The molecule has 1 unspecified atom stereocenters. The van der Waals surface area contributed by atoms with E-state index in [1.165, 1.54) is 0 Å². The Balaban J connectivity index is 2.04. The van der Waals surface area contributed by atoms with Crippen molar-refractivity contribution < 1.29 is 4.79 Å². The Bertz CT molecular complexity index is 592. The predicted molar refractivity (Wildman–Crippen MR) is 83.1 cm³/mol. The lowest BCUT2D eigenvalue weighted by Gasteiger charge is -2.10. The monoisotopic (exact) mass is 286 g/mol. The van der Waals surface area contributed by atoms with Gasteiger partial charge in [0, 0.05) is 12.2 Å². The summed E-state index contributed by atoms with van der Waals surface area (Å²) < 4.78 is 1.84. The lowest BCUT2D eigenvalue weighted by molar-refractivity contribution is 0.0948. The van der Waals surface area contributed by atoms with E-state index in [1.54, 1.807) is 6.20 Å². The fraction of sp³-hybridized carbons (Fsp3) is 0.375. The highest BCUT2D eigenvalue weighted by atomic mass is 16.1. The molecule has 0 aliphatic carbocycles. The van der Waals surface area contributed by atoms with Crippen LogP contribution in [0.5, 0.6) is 0 Å². The third-order valence-corrected chi connectivity index (χ3v) is 3.54. The van der Waals surface area contributed by atoms with Gasteiger partial charge in [-0.05, 0) is 24.9 Å². The second kappa shape index (κ2) is 7.04. The summed E-state index contributed by atoms with van der Waals surface area (Å²) in [6, 6.07) is 10.1. The minimum atomic E-state index is -0.0906. The van der Waals surface area contributed by atoms with E-state index in [0.29, 0.717) is 25.2 Å². The maximum absolute atomic E-state index is 12.1. The Morgan fingerprint density at radius 1 is 1.38 bits per heavy atom. The molecular weight excluding hydrogens is 264 g/mol. The Labute approximate surface area is 125 Å². The number of aromatic nitrogens is 2. The van der Waals surface area contributed by atoms with Crippen molar-refractivity contribution in [3.05, 3.63) is 53.3 Å². The molecule has 0 saturated carbocycles. The van der Waals surface area contributed by atoms with Crippen LogP contribution in [0.4, 0.5) is 0 Å². The van der Waals surface area contributed by atoms with E-state index in [9.17, 15) is 4.79 Å². The molecule has 21 heavy (non-hydrogen) atoms. The van der Waals surface area contributed by atoms with Crippen molar-refractivity contribution in [3.63, 3.8) is 0 Å². The largest absolute Gasteiger partial charge is 0.352 e. The number of amides is 1. The van der Waals surface area contributed by atoms with E-state index in [-0.39, 0.29) is 11.8 Å². The van der Waals surface area contributed by atoms with Crippen LogP contribution in [-0.2, 0) is 6.54 Å². The first-order valence-corrected chi connectivity index (χ1v) is 7.16. The van der Waals surface area contributed by atoms with Crippen molar-refractivity contribution in [1.82, 2.24) is 15.1 Å². The van der Waals surface area contributed by atoms with Gasteiger partial charge in [-0.15, -0.1) is 0 Å². The first kappa shape index (κ1) is 15.3. The van der Waals surface area contributed by atoms with Gasteiger partial charge in [-0.2, -0.15) is 5.10 Å². The van der Waals surface area contributed by atoms with E-state index in [1.807, 2.05) is 48.9 Å². The molecular formula is C16H22N4O. The Morgan fingerprint density at radius 3 is 2.76 bits per heavy atom. The van der Waals surface area contributed by atoms with Gasteiger partial charge in [0.05, 0.1) is 18.3 Å². The van der Waals surface area contributed by atoms with Crippen molar-refractivity contribution in [3.8, 4) is 0 Å². The molecule has 112 valence electrons. The summed E-state index contributed by atoms with van der Waals surface area (Å²) >= 11 is 0. The number of nitrogens with zero attached hydrogens (tertiary/aromatic N) is 2. The van der Waals surface area contributed by atoms with Crippen LogP contribution in [0, 0.1) is 12.8 Å². The van der Waals surface area contributed by atoms with Crippen LogP contribution in [-0.4, -0.2) is 28.8 Å². The lowest BCUT2D eigenvalue weighted by Crippen LogP contribution is -2.31. The smallest absolute Gasteiger partial charge is 0.254 e. The van der Waals surface area contributed by atoms with E-state index in [4.69, 9.17) is 5.73 Å². The van der Waals surface area contributed by atoms with E-state index in [2.05, 4.69) is 10.4 Å². The van der Waals surface area contributed by atoms with Gasteiger partial charge < -0.3 is 11.1 Å². The van der Waals surface area contributed by atoms with Gasteiger partial charge in [0.1, 0.15) is 0 Å². The Hall–Kier alpha value is -2.14. The molecule has 2 rings (SSSR count). The zero-order valence-electron chi connectivity index (χ0n) is 12.5. The van der Waals surface area contributed by atoms with Crippen molar-refractivity contribution in [2.45, 2.75) is 20.4 Å². The van der Waals surface area contributed by atoms with Crippen LogP contribution in [0.2, 0.25) is 0 Å². The van der Waals surface area contributed by atoms with Gasteiger partial charge in [-0.1, -0.05) is 37.3 Å². The number of nitrogens with two attached hydrogens (primary N) is 1. The van der Waals surface area contributed by atoms with Crippen molar-refractivity contribution in [1.29, 1.82) is 0 Å². The van der Waals surface area contributed by atoms with Crippen molar-refractivity contribution in [2.75, 3.05) is 13.1 Å². The number of rotatable bonds is 6. The summed E-state index contributed by atoms with van der Waals surface area (Å²) in [4.78, 5) is 12.1. The maximum Gasteiger partial charge on any atom is 0.254 e. The molecule has 0 radical (unpaired) electrons. The zero-order valence-corrected chi connectivity index (χ0v) is 12.5. The van der Waals surface area contributed by atoms with Crippen LogP contribution in [0.3, 0.4) is 0 Å². The summed E-state index contributed by atoms with van der Waals surface area (Å²) in [5.74, 6) is 0.181. The van der Waals surface area contributed by atoms with Gasteiger partial charge in [-0.3, -0.25) is 9.48 Å². The van der Waals surface area contributed by atoms with Crippen LogP contribution in [0.25, 0.3) is 0 Å². The summed E-state index contributed by atoms with van der Waals surface area (Å²) in [5.41, 5.74) is 8.20. The second-order valence-corrected chi connectivity index (χ2v) is 5.34. The molecule has 0 saturated heterocycles. The number of hydrogen-bond donors (Lipinski definition) is 2. The van der Waals surface area contributed by atoms with E-state index >= 15 is 0 Å². The molecule has 2 aromatic rings. The van der Waals surface area contributed by atoms with Gasteiger partial charge >= 0.3 is 0 Å². The predicted octanol–water partition coefficient (Wildman–Crippen LogP) is 1.56. The first-order valence-electron chi connectivity index (χ1n) is 7.16. The maximum atomic E-state index is 12.1. The van der Waals surface area contributed by atoms with Gasteiger partial charge in [0.2, 0.25) is 0 Å². The molecule has 5 heteroatoms. The van der Waals surface area contributed by atoms with Crippen molar-refractivity contribution >= 4 is 5.91 Å². The molecule has 3 N–H and O–H groups in total. The minimum absolute atomic E-state index is 0.0906. The average Bonchev–Trinajstić information content (AvgIpc) is 2.86. The van der Waals surface area contributed by atoms with Crippen LogP contribution >= 0.6 is 0 Å². The standard InChI is InChI=1S/C16H22N4O/c1-12(8-17)9-18-16(21)15-10-19-20(13(15)2)11-14-6-4-3-5-7-14/h3-7,10,12H,8-9,11,17H2,1-2H3,(H,18,21). The third kappa shape index (κ3) is 3.92. The van der Waals surface area contributed by atoms with Gasteiger partial charge in [0.15, 0.2) is 0 Å². The molecule has 1 amide bonds. The number of carbonyl (C=O) groups is 1. The average molecular weight is 286 g/mol. The fourth-order valence-electron chi connectivity index (χ4n) is 2.03. The topological polar surface area (TPSA) is 72.9 Å². The minimum Gasteiger partial charge on any atom is -0.352 e. The zero-order chi connectivity index (χ0) is 15.2. The number of nitrogens with one attached hydrogen (secondary N) is 1. The van der Waals surface area contributed by atoms with E-state index < -0.39 is 0 Å². The first-order chi connectivity index (χ1) is 10.1. The molecule has 0 spiro atoms. The molecule has 1 heterocycles. The van der Waals surface area contributed by atoms with Gasteiger partial charge in [-0.25, -0.2) is 0 Å². The SMILES string of the molecule is Cc1c(C(=O)NCC(C)CN)cnn1Cc1ccccc1. The highest BCUT2D eigenvalue weighted by molar-refractivity contribution is 5.95. The van der Waals surface area contributed by atoms with Crippen LogP contribution in [0.15, 0.2) is 36.5 Å². The summed E-state index contributed by atoms with van der Waals surface area (Å²) in [6.07, 6.45) is 1.63. The molecule has 5 nitrogen and oxygen atoms in total. The van der Waals surface area contributed by atoms with Gasteiger partial charge in [0.25, 0.3) is 5.91 Å². The number of hydrogen-bond acceptors (Lipinski definition) is 3. The normalized spacial score (nSPS) is 12.1. The molecule has 1 aromatic heterocycles. The summed E-state index contributed by atoms with van der Waals surface area (Å²) in [6.45, 7) is 5.73. The lowest BCUT2D eigenvalue weighted by atomic mass is 10.1. The summed E-state index contributed by atoms with van der Waals surface area (Å²) in [5, 5.41) is 7.21. The Morgan fingerprint density at radius 2 is 2.10 bits per heavy atom. The number of carbonyl (C=O) groups excluding carboxylic acids is 1. The molecule has 1 aromatic carbocycles. The van der Waals surface area contributed by atoms with Crippen molar-refractivity contribution in [2.24, 2.45) is 11.7 Å². The number of benzene rings is 1. The highest BCUT2D eigenvalue weighted by Gasteiger charge is 2.14.